The normalized spacial score (nSPS) is 10.4. The molecule has 134 valence electrons. The molecule has 0 saturated heterocycles. The van der Waals surface area contributed by atoms with Gasteiger partial charge in [0.1, 0.15) is 11.5 Å². The Morgan fingerprint density at radius 1 is 1.04 bits per heavy atom. The maximum Gasteiger partial charge on any atom is 0.252 e. The second-order valence-corrected chi connectivity index (χ2v) is 5.78. The van der Waals surface area contributed by atoms with Gasteiger partial charge < -0.3 is 14.8 Å². The van der Waals surface area contributed by atoms with Gasteiger partial charge in [0.15, 0.2) is 0 Å². The third-order valence-electron chi connectivity index (χ3n) is 3.98. The highest BCUT2D eigenvalue weighted by Crippen LogP contribution is 2.18. The smallest absolute Gasteiger partial charge is 0.252 e. The molecule has 0 atom stereocenters. The van der Waals surface area contributed by atoms with E-state index < -0.39 is 0 Å². The predicted octanol–water partition coefficient (Wildman–Crippen LogP) is 2.99. The van der Waals surface area contributed by atoms with Gasteiger partial charge in [-0.2, -0.15) is 0 Å². The first-order chi connectivity index (χ1) is 12.7. The molecule has 0 saturated carbocycles. The number of para-hydroxylation sites is 1. The Bertz CT molecular complexity index is 920. The highest BCUT2D eigenvalue weighted by molar-refractivity contribution is 5.37. The molecule has 6 heteroatoms. The highest BCUT2D eigenvalue weighted by Gasteiger charge is 2.06. The van der Waals surface area contributed by atoms with E-state index in [9.17, 15) is 4.79 Å². The van der Waals surface area contributed by atoms with E-state index in [4.69, 9.17) is 9.47 Å². The summed E-state index contributed by atoms with van der Waals surface area (Å²) in [4.78, 5) is 19.2. The van der Waals surface area contributed by atoms with Crippen molar-refractivity contribution in [3.05, 3.63) is 81.8 Å². The number of nitrogens with one attached hydrogen (secondary N) is 2. The summed E-state index contributed by atoms with van der Waals surface area (Å²) < 4.78 is 10.5. The fourth-order valence-corrected chi connectivity index (χ4v) is 2.66. The standard InChI is InChI=1S/C20H21N3O3/c1-25-17-9-7-14(8-10-17)11-16-12-19(24)23-20(22-16)21-13-15-5-3-4-6-18(15)26-2/h3-10,12H,11,13H2,1-2H3,(H2,21,22,23,24). The van der Waals surface area contributed by atoms with Crippen LogP contribution in [0.15, 0.2) is 59.4 Å². The van der Waals surface area contributed by atoms with Crippen molar-refractivity contribution in [3.63, 3.8) is 0 Å². The average molecular weight is 351 g/mol. The van der Waals surface area contributed by atoms with Crippen LogP contribution < -0.4 is 20.3 Å². The zero-order chi connectivity index (χ0) is 18.4. The minimum Gasteiger partial charge on any atom is -0.497 e. The van der Waals surface area contributed by atoms with E-state index in [2.05, 4.69) is 15.3 Å². The van der Waals surface area contributed by atoms with Crippen molar-refractivity contribution < 1.29 is 9.47 Å². The largest absolute Gasteiger partial charge is 0.497 e. The molecule has 2 aromatic carbocycles. The van der Waals surface area contributed by atoms with Crippen LogP contribution in [-0.2, 0) is 13.0 Å². The van der Waals surface area contributed by atoms with Gasteiger partial charge in [-0.25, -0.2) is 4.98 Å². The second kappa shape index (κ2) is 8.20. The van der Waals surface area contributed by atoms with Crippen LogP contribution in [0.25, 0.3) is 0 Å². The van der Waals surface area contributed by atoms with Crippen molar-refractivity contribution in [1.29, 1.82) is 0 Å². The minimum atomic E-state index is -0.189. The summed E-state index contributed by atoms with van der Waals surface area (Å²) in [6.07, 6.45) is 0.567. The lowest BCUT2D eigenvalue weighted by Gasteiger charge is -2.10. The van der Waals surface area contributed by atoms with Crippen LogP contribution in [0.3, 0.4) is 0 Å². The first-order valence-electron chi connectivity index (χ1n) is 8.27. The van der Waals surface area contributed by atoms with Gasteiger partial charge >= 0.3 is 0 Å². The van der Waals surface area contributed by atoms with Gasteiger partial charge in [-0.3, -0.25) is 9.78 Å². The van der Waals surface area contributed by atoms with Crippen molar-refractivity contribution in [3.8, 4) is 11.5 Å². The zero-order valence-electron chi connectivity index (χ0n) is 14.8. The third-order valence-corrected chi connectivity index (χ3v) is 3.98. The van der Waals surface area contributed by atoms with Crippen LogP contribution in [0, 0.1) is 0 Å². The summed E-state index contributed by atoms with van der Waals surface area (Å²) in [5.74, 6) is 2.02. The average Bonchev–Trinajstić information content (AvgIpc) is 2.67. The molecule has 0 aliphatic carbocycles. The van der Waals surface area contributed by atoms with E-state index in [0.29, 0.717) is 24.6 Å². The number of rotatable bonds is 7. The molecule has 0 aliphatic rings. The van der Waals surface area contributed by atoms with E-state index in [0.717, 1.165) is 22.6 Å². The number of aromatic nitrogens is 2. The van der Waals surface area contributed by atoms with Gasteiger partial charge in [-0.1, -0.05) is 30.3 Å². The molecule has 6 nitrogen and oxygen atoms in total. The van der Waals surface area contributed by atoms with Crippen LogP contribution >= 0.6 is 0 Å². The molecule has 0 amide bonds. The quantitative estimate of drug-likeness (QED) is 0.684. The summed E-state index contributed by atoms with van der Waals surface area (Å²) in [6.45, 7) is 0.499. The SMILES string of the molecule is COc1ccc(Cc2cc(=O)[nH]c(NCc3ccccc3OC)n2)cc1. The molecule has 26 heavy (non-hydrogen) atoms. The van der Waals surface area contributed by atoms with Gasteiger partial charge in [0.2, 0.25) is 5.95 Å². The van der Waals surface area contributed by atoms with Crippen molar-refractivity contribution in [2.75, 3.05) is 19.5 Å². The second-order valence-electron chi connectivity index (χ2n) is 5.78. The molecule has 0 spiro atoms. The number of aromatic amines is 1. The number of H-pyrrole nitrogens is 1. The summed E-state index contributed by atoms with van der Waals surface area (Å²) >= 11 is 0. The van der Waals surface area contributed by atoms with E-state index in [-0.39, 0.29) is 5.56 Å². The molecule has 0 fully saturated rings. The molecule has 3 aromatic rings. The molecule has 0 radical (unpaired) electrons. The Balaban J connectivity index is 1.73. The number of anilines is 1. The first kappa shape index (κ1) is 17.5. The summed E-state index contributed by atoms with van der Waals surface area (Å²) in [6, 6.07) is 16.9. The number of benzene rings is 2. The summed E-state index contributed by atoms with van der Waals surface area (Å²) in [5, 5.41) is 3.15. The maximum absolute atomic E-state index is 12.0. The third kappa shape index (κ3) is 4.42. The Labute approximate surface area is 151 Å². The Morgan fingerprint density at radius 2 is 1.81 bits per heavy atom. The molecular formula is C20H21N3O3. The van der Waals surface area contributed by atoms with Gasteiger partial charge in [0, 0.05) is 24.6 Å². The number of hydrogen-bond donors (Lipinski definition) is 2. The predicted molar refractivity (Wildman–Crippen MR) is 101 cm³/mol. The molecule has 1 heterocycles. The molecule has 2 N–H and O–H groups in total. The number of ether oxygens (including phenoxy) is 2. The van der Waals surface area contributed by atoms with Crippen LogP contribution in [0.5, 0.6) is 11.5 Å². The van der Waals surface area contributed by atoms with Crippen molar-refractivity contribution in [1.82, 2.24) is 9.97 Å². The van der Waals surface area contributed by atoms with Crippen LogP contribution in [0.2, 0.25) is 0 Å². The molecule has 1 aromatic heterocycles. The molecule has 0 aliphatic heterocycles. The molecular weight excluding hydrogens is 330 g/mol. The maximum atomic E-state index is 12.0. The fraction of sp³-hybridized carbons (Fsp3) is 0.200. The minimum absolute atomic E-state index is 0.189. The van der Waals surface area contributed by atoms with E-state index in [1.54, 1.807) is 14.2 Å². The Kier molecular flexibility index (Phi) is 5.53. The van der Waals surface area contributed by atoms with E-state index >= 15 is 0 Å². The van der Waals surface area contributed by atoms with Crippen molar-refractivity contribution >= 4 is 5.95 Å². The summed E-state index contributed by atoms with van der Waals surface area (Å²) in [5.41, 5.74) is 2.55. The van der Waals surface area contributed by atoms with Gasteiger partial charge in [0.25, 0.3) is 5.56 Å². The summed E-state index contributed by atoms with van der Waals surface area (Å²) in [7, 11) is 3.27. The van der Waals surface area contributed by atoms with E-state index in [1.165, 1.54) is 6.07 Å². The number of methoxy groups -OCH3 is 2. The van der Waals surface area contributed by atoms with Crippen molar-refractivity contribution in [2.24, 2.45) is 0 Å². The van der Waals surface area contributed by atoms with Crippen LogP contribution in [0.1, 0.15) is 16.8 Å². The lowest BCUT2D eigenvalue weighted by molar-refractivity contribution is 0.410. The van der Waals surface area contributed by atoms with Crippen LogP contribution in [-0.4, -0.2) is 24.2 Å². The zero-order valence-corrected chi connectivity index (χ0v) is 14.8. The molecule has 0 unspecified atom stereocenters. The van der Waals surface area contributed by atoms with Crippen molar-refractivity contribution in [2.45, 2.75) is 13.0 Å². The van der Waals surface area contributed by atoms with Crippen LogP contribution in [0.4, 0.5) is 5.95 Å². The lowest BCUT2D eigenvalue weighted by Crippen LogP contribution is -2.14. The van der Waals surface area contributed by atoms with Gasteiger partial charge in [-0.05, 0) is 23.8 Å². The Hall–Kier alpha value is -3.28. The fourth-order valence-electron chi connectivity index (χ4n) is 2.66. The topological polar surface area (TPSA) is 76.2 Å². The molecule has 3 rings (SSSR count). The first-order valence-corrected chi connectivity index (χ1v) is 8.27. The highest BCUT2D eigenvalue weighted by atomic mass is 16.5. The monoisotopic (exact) mass is 351 g/mol. The Morgan fingerprint density at radius 3 is 2.54 bits per heavy atom. The van der Waals surface area contributed by atoms with Gasteiger partial charge in [0.05, 0.1) is 19.9 Å². The number of nitrogens with zero attached hydrogens (tertiary/aromatic N) is 1. The van der Waals surface area contributed by atoms with Gasteiger partial charge in [-0.15, -0.1) is 0 Å². The van der Waals surface area contributed by atoms with E-state index in [1.807, 2.05) is 48.5 Å². The lowest BCUT2D eigenvalue weighted by atomic mass is 10.1. The molecule has 0 bridgehead atoms. The number of hydrogen-bond acceptors (Lipinski definition) is 5.